The summed E-state index contributed by atoms with van der Waals surface area (Å²) in [6.45, 7) is 7.47. The number of ether oxygens (including phenoxy) is 1. The highest BCUT2D eigenvalue weighted by molar-refractivity contribution is 6.08. The molecule has 0 heterocycles. The summed E-state index contributed by atoms with van der Waals surface area (Å²) in [7, 11) is 0. The number of rotatable bonds is 4. The molecule has 0 aliphatic carbocycles. The molecule has 0 unspecified atom stereocenters. The third kappa shape index (κ3) is 5.11. The summed E-state index contributed by atoms with van der Waals surface area (Å²) in [5.74, 6) is -0.755. The average molecular weight is 387 g/mol. The highest BCUT2D eigenvalue weighted by Crippen LogP contribution is 2.29. The molecule has 0 aromatic heterocycles. The lowest BCUT2D eigenvalue weighted by molar-refractivity contribution is 0.00708. The molecule has 1 amide bonds. The normalized spacial score (nSPS) is 11.0. The molecule has 0 fully saturated rings. The van der Waals surface area contributed by atoms with Gasteiger partial charge in [0.1, 0.15) is 5.60 Å². The zero-order valence-electron chi connectivity index (χ0n) is 17.2. The number of nitrogens with one attached hydrogen (secondary N) is 1. The average Bonchev–Trinajstić information content (AvgIpc) is 2.67. The van der Waals surface area contributed by atoms with E-state index in [0.717, 1.165) is 16.7 Å². The van der Waals surface area contributed by atoms with Crippen LogP contribution in [0.25, 0.3) is 11.1 Å². The molecule has 3 aromatic rings. The predicted octanol–water partition coefficient (Wildman–Crippen LogP) is 5.87. The number of benzene rings is 3. The molecule has 4 heteroatoms. The molecule has 1 N–H and O–H groups in total. The van der Waals surface area contributed by atoms with E-state index in [1.165, 1.54) is 0 Å². The molecule has 0 radical (unpaired) electrons. The Morgan fingerprint density at radius 1 is 0.862 bits per heavy atom. The number of amides is 1. The molecular formula is C25H25NO3. The molecule has 0 aliphatic heterocycles. The highest BCUT2D eigenvalue weighted by atomic mass is 16.6. The molecule has 0 atom stereocenters. The Bertz CT molecular complexity index is 1030. The highest BCUT2D eigenvalue weighted by Gasteiger charge is 2.22. The Labute approximate surface area is 171 Å². The van der Waals surface area contributed by atoms with Crippen molar-refractivity contribution in [3.8, 4) is 11.1 Å². The molecule has 4 nitrogen and oxygen atoms in total. The van der Waals surface area contributed by atoms with Gasteiger partial charge in [0.05, 0.1) is 11.3 Å². The number of hydrogen-bond donors (Lipinski definition) is 1. The zero-order valence-corrected chi connectivity index (χ0v) is 17.2. The summed E-state index contributed by atoms with van der Waals surface area (Å²) in [4.78, 5) is 25.5. The van der Waals surface area contributed by atoms with Crippen LogP contribution in [0.2, 0.25) is 0 Å². The molecule has 0 saturated carbocycles. The van der Waals surface area contributed by atoms with E-state index < -0.39 is 11.6 Å². The minimum atomic E-state index is -0.632. The molecule has 0 spiro atoms. The smallest absolute Gasteiger partial charge is 0.340 e. The van der Waals surface area contributed by atoms with Crippen LogP contribution in [0.1, 0.15) is 47.1 Å². The summed E-state index contributed by atoms with van der Waals surface area (Å²) in [6, 6.07) is 22.3. The molecular weight excluding hydrogens is 362 g/mol. The Morgan fingerprint density at radius 2 is 1.52 bits per heavy atom. The van der Waals surface area contributed by atoms with Crippen molar-refractivity contribution in [2.75, 3.05) is 5.32 Å². The topological polar surface area (TPSA) is 55.4 Å². The number of esters is 1. The maximum atomic E-state index is 12.7. The maximum absolute atomic E-state index is 12.7. The van der Waals surface area contributed by atoms with Crippen molar-refractivity contribution in [3.63, 3.8) is 0 Å². The Balaban J connectivity index is 2.03. The fourth-order valence-corrected chi connectivity index (χ4v) is 3.01. The zero-order chi connectivity index (χ0) is 21.0. The van der Waals surface area contributed by atoms with Crippen LogP contribution in [0.3, 0.4) is 0 Å². The number of carbonyl (C=O) groups excluding carboxylic acids is 2. The van der Waals surface area contributed by atoms with Crippen molar-refractivity contribution in [2.45, 2.75) is 33.3 Å². The molecule has 0 bridgehead atoms. The third-order valence-corrected chi connectivity index (χ3v) is 4.38. The first kappa shape index (κ1) is 20.3. The summed E-state index contributed by atoms with van der Waals surface area (Å²) in [6.07, 6.45) is 0. The van der Waals surface area contributed by atoms with E-state index >= 15 is 0 Å². The molecule has 0 saturated heterocycles. The van der Waals surface area contributed by atoms with Crippen LogP contribution in [-0.4, -0.2) is 17.5 Å². The van der Waals surface area contributed by atoms with Crippen molar-refractivity contribution in [2.24, 2.45) is 0 Å². The minimum absolute atomic E-state index is 0.280. The van der Waals surface area contributed by atoms with Crippen LogP contribution in [0, 0.1) is 6.92 Å². The largest absolute Gasteiger partial charge is 0.456 e. The number of hydrogen-bond acceptors (Lipinski definition) is 3. The Hall–Kier alpha value is -3.40. The quantitative estimate of drug-likeness (QED) is 0.570. The van der Waals surface area contributed by atoms with E-state index in [1.54, 1.807) is 30.3 Å². The van der Waals surface area contributed by atoms with Gasteiger partial charge in [-0.05, 0) is 68.7 Å². The Kier molecular flexibility index (Phi) is 5.83. The second-order valence-corrected chi connectivity index (χ2v) is 7.90. The number of anilines is 1. The molecule has 0 aliphatic rings. The lowest BCUT2D eigenvalue weighted by Crippen LogP contribution is -2.25. The van der Waals surface area contributed by atoms with Crippen molar-refractivity contribution >= 4 is 17.6 Å². The van der Waals surface area contributed by atoms with E-state index in [2.05, 4.69) is 5.32 Å². The van der Waals surface area contributed by atoms with Crippen LogP contribution in [0.5, 0.6) is 0 Å². The van der Waals surface area contributed by atoms with Crippen molar-refractivity contribution in [1.29, 1.82) is 0 Å². The standard InChI is InChI=1S/C25H25NO3/c1-17-10-8-9-13-20(17)19-14-15-21(24(28)29-25(2,3)4)22(16-19)26-23(27)18-11-6-5-7-12-18/h5-16H,1-4H3,(H,26,27). The van der Waals surface area contributed by atoms with Crippen LogP contribution < -0.4 is 5.32 Å². The monoisotopic (exact) mass is 387 g/mol. The lowest BCUT2D eigenvalue weighted by Gasteiger charge is -2.21. The van der Waals surface area contributed by atoms with Gasteiger partial charge in [-0.1, -0.05) is 48.5 Å². The molecule has 148 valence electrons. The van der Waals surface area contributed by atoms with Gasteiger partial charge in [0.2, 0.25) is 0 Å². The van der Waals surface area contributed by atoms with Gasteiger partial charge in [0, 0.05) is 5.56 Å². The van der Waals surface area contributed by atoms with Gasteiger partial charge < -0.3 is 10.1 Å². The fraction of sp³-hybridized carbons (Fsp3) is 0.200. The van der Waals surface area contributed by atoms with Crippen molar-refractivity contribution < 1.29 is 14.3 Å². The van der Waals surface area contributed by atoms with Gasteiger partial charge in [-0.25, -0.2) is 4.79 Å². The summed E-state index contributed by atoms with van der Waals surface area (Å²) >= 11 is 0. The van der Waals surface area contributed by atoms with Crippen molar-refractivity contribution in [3.05, 3.63) is 89.5 Å². The van der Waals surface area contributed by atoms with Gasteiger partial charge in [-0.3, -0.25) is 4.79 Å². The van der Waals surface area contributed by atoms with E-state index in [0.29, 0.717) is 16.8 Å². The molecule has 3 aromatic carbocycles. The van der Waals surface area contributed by atoms with Gasteiger partial charge >= 0.3 is 5.97 Å². The summed E-state index contributed by atoms with van der Waals surface area (Å²) < 4.78 is 5.53. The molecule has 3 rings (SSSR count). The van der Waals surface area contributed by atoms with Crippen LogP contribution in [0.15, 0.2) is 72.8 Å². The SMILES string of the molecule is Cc1ccccc1-c1ccc(C(=O)OC(C)(C)C)c(NC(=O)c2ccccc2)c1. The summed E-state index contributed by atoms with van der Waals surface area (Å²) in [5.41, 5.74) is 3.70. The lowest BCUT2D eigenvalue weighted by atomic mass is 9.98. The van der Waals surface area contributed by atoms with Crippen LogP contribution in [0.4, 0.5) is 5.69 Å². The summed E-state index contributed by atoms with van der Waals surface area (Å²) in [5, 5.41) is 2.88. The number of carbonyl (C=O) groups is 2. The fourth-order valence-electron chi connectivity index (χ4n) is 3.01. The first-order chi connectivity index (χ1) is 13.7. The second-order valence-electron chi connectivity index (χ2n) is 7.90. The first-order valence-electron chi connectivity index (χ1n) is 9.54. The van der Waals surface area contributed by atoms with Gasteiger partial charge in [0.25, 0.3) is 5.91 Å². The van der Waals surface area contributed by atoms with Gasteiger partial charge in [-0.15, -0.1) is 0 Å². The first-order valence-corrected chi connectivity index (χ1v) is 9.54. The van der Waals surface area contributed by atoms with E-state index in [9.17, 15) is 9.59 Å². The van der Waals surface area contributed by atoms with Crippen LogP contribution >= 0.6 is 0 Å². The van der Waals surface area contributed by atoms with Crippen molar-refractivity contribution in [1.82, 2.24) is 0 Å². The maximum Gasteiger partial charge on any atom is 0.340 e. The minimum Gasteiger partial charge on any atom is -0.456 e. The van der Waals surface area contributed by atoms with Gasteiger partial charge in [-0.2, -0.15) is 0 Å². The predicted molar refractivity (Wildman–Crippen MR) is 116 cm³/mol. The third-order valence-electron chi connectivity index (χ3n) is 4.38. The van der Waals surface area contributed by atoms with E-state index in [4.69, 9.17) is 4.74 Å². The number of aryl methyl sites for hydroxylation is 1. The van der Waals surface area contributed by atoms with E-state index in [-0.39, 0.29) is 5.91 Å². The van der Waals surface area contributed by atoms with Crippen LogP contribution in [-0.2, 0) is 4.74 Å². The second kappa shape index (κ2) is 8.31. The van der Waals surface area contributed by atoms with E-state index in [1.807, 2.05) is 70.2 Å². The van der Waals surface area contributed by atoms with Gasteiger partial charge in [0.15, 0.2) is 0 Å². The Morgan fingerprint density at radius 3 is 2.17 bits per heavy atom. The molecule has 29 heavy (non-hydrogen) atoms.